The third-order valence-corrected chi connectivity index (χ3v) is 5.12. The summed E-state index contributed by atoms with van der Waals surface area (Å²) in [6.45, 7) is 1.65. The monoisotopic (exact) mass is 487 g/mol. The third kappa shape index (κ3) is 4.80. The van der Waals surface area contributed by atoms with Crippen molar-refractivity contribution >= 4 is 27.7 Å². The molecule has 1 unspecified atom stereocenters. The highest BCUT2D eigenvalue weighted by Gasteiger charge is 2.24. The van der Waals surface area contributed by atoms with E-state index in [4.69, 9.17) is 15.7 Å². The second-order valence-electron chi connectivity index (χ2n) is 6.76. The molecule has 0 aliphatic carbocycles. The summed E-state index contributed by atoms with van der Waals surface area (Å²) in [7, 11) is 3.27. The Morgan fingerprint density at radius 2 is 2.19 bits per heavy atom. The fraction of sp³-hybridized carbons (Fsp3) is 0.250. The van der Waals surface area contributed by atoms with Gasteiger partial charge in [-0.1, -0.05) is 0 Å². The number of carbonyl (C=O) groups excluding carboxylic acids is 1. The van der Waals surface area contributed by atoms with Crippen LogP contribution in [-0.4, -0.2) is 37.6 Å². The molecule has 9 nitrogen and oxygen atoms in total. The zero-order valence-electron chi connectivity index (χ0n) is 17.0. The summed E-state index contributed by atoms with van der Waals surface area (Å²) in [5.41, 5.74) is 7.28. The Labute approximate surface area is 186 Å². The zero-order chi connectivity index (χ0) is 22.7. The molecular weight excluding hydrogens is 469 g/mol. The van der Waals surface area contributed by atoms with Gasteiger partial charge in [-0.05, 0) is 47.1 Å². The summed E-state index contributed by atoms with van der Waals surface area (Å²) in [5, 5.41) is 13.4. The van der Waals surface area contributed by atoms with Crippen molar-refractivity contribution in [1.82, 2.24) is 24.6 Å². The van der Waals surface area contributed by atoms with E-state index in [1.165, 1.54) is 34.0 Å². The van der Waals surface area contributed by atoms with Crippen LogP contribution in [0.4, 0.5) is 10.2 Å². The fourth-order valence-corrected chi connectivity index (χ4v) is 3.13. The molecule has 0 saturated carbocycles. The average molecular weight is 488 g/mol. The van der Waals surface area contributed by atoms with E-state index in [1.54, 1.807) is 27.1 Å². The maximum atomic E-state index is 13.9. The number of nitrogen functional groups attached to an aromatic ring is 1. The van der Waals surface area contributed by atoms with Crippen LogP contribution < -0.4 is 10.5 Å². The summed E-state index contributed by atoms with van der Waals surface area (Å²) < 4.78 is 21.4. The second-order valence-corrected chi connectivity index (χ2v) is 7.57. The highest BCUT2D eigenvalue weighted by molar-refractivity contribution is 9.10. The quantitative estimate of drug-likeness (QED) is 0.566. The number of nitrogens with two attached hydrogens (primary N) is 1. The van der Waals surface area contributed by atoms with E-state index in [-0.39, 0.29) is 29.8 Å². The molecule has 0 aliphatic heterocycles. The molecule has 2 aromatic heterocycles. The van der Waals surface area contributed by atoms with Crippen molar-refractivity contribution in [1.29, 1.82) is 5.26 Å². The van der Waals surface area contributed by atoms with Gasteiger partial charge in [0.05, 0.1) is 17.9 Å². The van der Waals surface area contributed by atoms with Gasteiger partial charge in [-0.15, -0.1) is 0 Å². The predicted molar refractivity (Wildman–Crippen MR) is 113 cm³/mol. The molecule has 0 bridgehead atoms. The van der Waals surface area contributed by atoms with E-state index >= 15 is 0 Å². The topological polar surface area (TPSA) is 123 Å². The molecule has 1 atom stereocenters. The van der Waals surface area contributed by atoms with Crippen LogP contribution in [0.25, 0.3) is 0 Å². The molecule has 1 aromatic carbocycles. The number of ether oxygens (including phenoxy) is 1. The first-order valence-electron chi connectivity index (χ1n) is 9.11. The van der Waals surface area contributed by atoms with E-state index < -0.39 is 11.9 Å². The third-order valence-electron chi connectivity index (χ3n) is 4.74. The lowest BCUT2D eigenvalue weighted by atomic mass is 10.1. The molecule has 2 heterocycles. The lowest BCUT2D eigenvalue weighted by Gasteiger charge is -2.24. The van der Waals surface area contributed by atoms with Crippen molar-refractivity contribution in [2.24, 2.45) is 7.05 Å². The number of halogens is 2. The van der Waals surface area contributed by atoms with Gasteiger partial charge in [0.1, 0.15) is 28.8 Å². The Hall–Kier alpha value is -3.52. The molecule has 1 amide bonds. The first kappa shape index (κ1) is 22.2. The van der Waals surface area contributed by atoms with Gasteiger partial charge < -0.3 is 15.4 Å². The van der Waals surface area contributed by atoms with Gasteiger partial charge in [-0.2, -0.15) is 10.4 Å². The van der Waals surface area contributed by atoms with Gasteiger partial charge in [0, 0.05) is 25.2 Å². The molecule has 0 fully saturated rings. The standard InChI is InChI=1S/C20H19BrFN7O2/c1-11(16-7-14(8-23)29(3)27-16)28(2)20(30)15-5-4-13(22)6-12(15)10-31-19-18(24)25-9-17(21)26-19/h4-7,9,11H,10H2,1-3H3,(H2,24,25). The highest BCUT2D eigenvalue weighted by atomic mass is 79.9. The van der Waals surface area contributed by atoms with Gasteiger partial charge in [0.15, 0.2) is 5.82 Å². The summed E-state index contributed by atoms with van der Waals surface area (Å²) in [4.78, 5) is 22.7. The Bertz CT molecular complexity index is 1170. The van der Waals surface area contributed by atoms with Crippen molar-refractivity contribution in [2.75, 3.05) is 12.8 Å². The largest absolute Gasteiger partial charge is 0.470 e. The Kier molecular flexibility index (Phi) is 6.50. The smallest absolute Gasteiger partial charge is 0.258 e. The van der Waals surface area contributed by atoms with Crippen LogP contribution in [0.3, 0.4) is 0 Å². The molecule has 2 N–H and O–H groups in total. The normalized spacial score (nSPS) is 11.6. The van der Waals surface area contributed by atoms with E-state index in [0.717, 1.165) is 0 Å². The maximum absolute atomic E-state index is 13.9. The van der Waals surface area contributed by atoms with E-state index in [0.29, 0.717) is 21.6 Å². The number of hydrogen-bond acceptors (Lipinski definition) is 7. The minimum Gasteiger partial charge on any atom is -0.470 e. The average Bonchev–Trinajstić information content (AvgIpc) is 3.13. The molecule has 3 aromatic rings. The van der Waals surface area contributed by atoms with Crippen LogP contribution in [0.2, 0.25) is 0 Å². The predicted octanol–water partition coefficient (Wildman–Crippen LogP) is 2.98. The molecule has 0 saturated heterocycles. The summed E-state index contributed by atoms with van der Waals surface area (Å²) in [6.07, 6.45) is 1.42. The summed E-state index contributed by atoms with van der Waals surface area (Å²) in [5.74, 6) is -0.732. The Morgan fingerprint density at radius 3 is 2.87 bits per heavy atom. The van der Waals surface area contributed by atoms with Crippen molar-refractivity contribution < 1.29 is 13.9 Å². The minimum atomic E-state index is -0.512. The number of aromatic nitrogens is 4. The van der Waals surface area contributed by atoms with Crippen molar-refractivity contribution in [2.45, 2.75) is 19.6 Å². The number of carbonyl (C=O) groups is 1. The molecular formula is C20H19BrFN7O2. The second kappa shape index (κ2) is 9.09. The number of rotatable bonds is 6. The van der Waals surface area contributed by atoms with E-state index in [9.17, 15) is 9.18 Å². The number of benzene rings is 1. The molecule has 0 aliphatic rings. The lowest BCUT2D eigenvalue weighted by Crippen LogP contribution is -2.31. The van der Waals surface area contributed by atoms with Gasteiger partial charge in [0.2, 0.25) is 0 Å². The van der Waals surface area contributed by atoms with Gasteiger partial charge in [-0.3, -0.25) is 9.48 Å². The van der Waals surface area contributed by atoms with Gasteiger partial charge >= 0.3 is 0 Å². The van der Waals surface area contributed by atoms with Crippen molar-refractivity contribution in [3.63, 3.8) is 0 Å². The van der Waals surface area contributed by atoms with Crippen LogP contribution in [0.5, 0.6) is 5.88 Å². The first-order chi connectivity index (χ1) is 14.7. The molecule has 11 heteroatoms. The number of hydrogen-bond donors (Lipinski definition) is 1. The summed E-state index contributed by atoms with van der Waals surface area (Å²) in [6, 6.07) is 7.07. The highest BCUT2D eigenvalue weighted by Crippen LogP contribution is 2.24. The first-order valence-corrected chi connectivity index (χ1v) is 9.91. The molecule has 0 spiro atoms. The number of anilines is 1. The van der Waals surface area contributed by atoms with E-state index in [1.807, 2.05) is 6.07 Å². The van der Waals surface area contributed by atoms with Crippen LogP contribution >= 0.6 is 15.9 Å². The lowest BCUT2D eigenvalue weighted by molar-refractivity contribution is 0.0736. The van der Waals surface area contributed by atoms with Crippen molar-refractivity contribution in [3.8, 4) is 11.9 Å². The van der Waals surface area contributed by atoms with Gasteiger partial charge in [0.25, 0.3) is 11.8 Å². The fourth-order valence-electron chi connectivity index (χ4n) is 2.87. The number of amides is 1. The van der Waals surface area contributed by atoms with Gasteiger partial charge in [-0.25, -0.2) is 14.4 Å². The van der Waals surface area contributed by atoms with Crippen LogP contribution in [0.1, 0.15) is 40.3 Å². The molecule has 0 radical (unpaired) electrons. The summed E-state index contributed by atoms with van der Waals surface area (Å²) >= 11 is 3.18. The minimum absolute atomic E-state index is 0.0660. The Morgan fingerprint density at radius 1 is 1.45 bits per heavy atom. The Balaban J connectivity index is 1.85. The SMILES string of the molecule is CC(c1cc(C#N)n(C)n1)N(C)C(=O)c1ccc(F)cc1COc1nc(Br)cnc1N. The van der Waals surface area contributed by atoms with Crippen LogP contribution in [0, 0.1) is 17.1 Å². The van der Waals surface area contributed by atoms with E-state index in [2.05, 4.69) is 31.0 Å². The molecule has 160 valence electrons. The molecule has 3 rings (SSSR count). The van der Waals surface area contributed by atoms with Crippen LogP contribution in [-0.2, 0) is 13.7 Å². The maximum Gasteiger partial charge on any atom is 0.258 e. The van der Waals surface area contributed by atoms with Crippen LogP contribution in [0.15, 0.2) is 35.1 Å². The zero-order valence-corrected chi connectivity index (χ0v) is 18.6. The molecule has 31 heavy (non-hydrogen) atoms. The van der Waals surface area contributed by atoms with Crippen molar-refractivity contribution in [3.05, 3.63) is 63.4 Å². The number of nitriles is 1. The number of aryl methyl sites for hydroxylation is 1. The number of nitrogens with zero attached hydrogens (tertiary/aromatic N) is 6.